The van der Waals surface area contributed by atoms with Crippen LogP contribution in [-0.2, 0) is 0 Å². The first-order chi connectivity index (χ1) is 14.5. The van der Waals surface area contributed by atoms with E-state index in [0.717, 1.165) is 16.8 Å². The molecule has 0 saturated carbocycles. The lowest BCUT2D eigenvalue weighted by Crippen LogP contribution is -2.11. The molecular weight excluding hydrogens is 437 g/mol. The van der Waals surface area contributed by atoms with E-state index in [0.29, 0.717) is 32.1 Å². The lowest BCUT2D eigenvalue weighted by molar-refractivity contribution is 0.102. The van der Waals surface area contributed by atoms with Gasteiger partial charge >= 0.3 is 0 Å². The van der Waals surface area contributed by atoms with Crippen molar-refractivity contribution >= 4 is 57.0 Å². The lowest BCUT2D eigenvalue weighted by atomic mass is 10.1. The molecule has 0 spiro atoms. The molecule has 4 aromatic rings. The van der Waals surface area contributed by atoms with Crippen molar-refractivity contribution in [1.82, 2.24) is 4.98 Å². The second-order valence-electron chi connectivity index (χ2n) is 6.69. The van der Waals surface area contributed by atoms with Crippen LogP contribution in [0.5, 0.6) is 0 Å². The monoisotopic (exact) mass is 453 g/mol. The number of rotatable bonds is 5. The van der Waals surface area contributed by atoms with E-state index in [9.17, 15) is 4.79 Å². The highest BCUT2D eigenvalue weighted by atomic mass is 35.5. The molecule has 0 bridgehead atoms. The summed E-state index contributed by atoms with van der Waals surface area (Å²) in [5.41, 5.74) is 4.83. The van der Waals surface area contributed by atoms with E-state index < -0.39 is 0 Å². The Hall–Kier alpha value is -2.86. The minimum absolute atomic E-state index is 0.150. The van der Waals surface area contributed by atoms with Gasteiger partial charge in [-0.05, 0) is 49.4 Å². The number of nitrogens with zero attached hydrogens (tertiary/aromatic N) is 1. The van der Waals surface area contributed by atoms with Gasteiger partial charge in [0.25, 0.3) is 5.91 Å². The smallest absolute Gasteiger partial charge is 0.255 e. The number of carbonyl (C=O) groups excluding carboxylic acids is 1. The minimum Gasteiger partial charge on any atom is -0.330 e. The number of carbonyl (C=O) groups is 1. The predicted molar refractivity (Wildman–Crippen MR) is 126 cm³/mol. The highest BCUT2D eigenvalue weighted by Gasteiger charge is 2.10. The van der Waals surface area contributed by atoms with Crippen molar-refractivity contribution < 1.29 is 4.79 Å². The van der Waals surface area contributed by atoms with Crippen molar-refractivity contribution in [3.8, 4) is 11.3 Å². The SMILES string of the molecule is Cc1ccc(C(=O)Nc2cccc(-c3csc(Nc4cc(Cl)ccc4Cl)n3)c2)cc1. The van der Waals surface area contributed by atoms with Gasteiger partial charge in [0, 0.05) is 27.2 Å². The number of nitrogens with one attached hydrogen (secondary N) is 2. The van der Waals surface area contributed by atoms with Gasteiger partial charge in [0.05, 0.1) is 16.4 Å². The van der Waals surface area contributed by atoms with E-state index >= 15 is 0 Å². The summed E-state index contributed by atoms with van der Waals surface area (Å²) in [5.74, 6) is -0.150. The first kappa shape index (κ1) is 20.4. The first-order valence-electron chi connectivity index (χ1n) is 9.14. The first-order valence-corrected chi connectivity index (χ1v) is 10.8. The van der Waals surface area contributed by atoms with Gasteiger partial charge in [0.2, 0.25) is 0 Å². The standard InChI is InChI=1S/C23H17Cl2N3OS/c1-14-5-7-15(8-6-14)22(29)26-18-4-2-3-16(11-18)21-13-30-23(28-21)27-20-12-17(24)9-10-19(20)25/h2-13H,1H3,(H,26,29)(H,27,28). The number of benzene rings is 3. The molecule has 0 atom stereocenters. The molecule has 0 aliphatic carbocycles. The normalized spacial score (nSPS) is 10.6. The van der Waals surface area contributed by atoms with Gasteiger partial charge in [-0.2, -0.15) is 0 Å². The third kappa shape index (κ3) is 4.82. The Bertz CT molecular complexity index is 1210. The molecule has 1 aromatic heterocycles. The zero-order valence-electron chi connectivity index (χ0n) is 15.9. The van der Waals surface area contributed by atoms with E-state index in [1.54, 1.807) is 18.2 Å². The molecule has 1 heterocycles. The largest absolute Gasteiger partial charge is 0.330 e. The molecule has 0 radical (unpaired) electrons. The second-order valence-corrected chi connectivity index (χ2v) is 8.39. The van der Waals surface area contributed by atoms with Gasteiger partial charge in [-0.15, -0.1) is 11.3 Å². The molecule has 1 amide bonds. The maximum Gasteiger partial charge on any atom is 0.255 e. The number of aromatic nitrogens is 1. The number of thiazole rings is 1. The summed E-state index contributed by atoms with van der Waals surface area (Å²) in [6.45, 7) is 1.99. The average Bonchev–Trinajstić information content (AvgIpc) is 3.20. The summed E-state index contributed by atoms with van der Waals surface area (Å²) >= 11 is 13.7. The van der Waals surface area contributed by atoms with Gasteiger partial charge in [0.1, 0.15) is 0 Å². The summed E-state index contributed by atoms with van der Waals surface area (Å²) < 4.78 is 0. The Balaban J connectivity index is 1.51. The number of amides is 1. The quantitative estimate of drug-likeness (QED) is 0.330. The number of anilines is 3. The van der Waals surface area contributed by atoms with Crippen molar-refractivity contribution in [2.45, 2.75) is 6.92 Å². The van der Waals surface area contributed by atoms with Crippen LogP contribution in [0.2, 0.25) is 10.0 Å². The van der Waals surface area contributed by atoms with Gasteiger partial charge in [-0.3, -0.25) is 4.79 Å². The Morgan fingerprint density at radius 3 is 2.60 bits per heavy atom. The zero-order valence-corrected chi connectivity index (χ0v) is 18.3. The number of halogens is 2. The maximum absolute atomic E-state index is 12.5. The van der Waals surface area contributed by atoms with Gasteiger partial charge in [-0.1, -0.05) is 53.0 Å². The van der Waals surface area contributed by atoms with Crippen molar-refractivity contribution in [2.24, 2.45) is 0 Å². The maximum atomic E-state index is 12.5. The molecule has 0 fully saturated rings. The van der Waals surface area contributed by atoms with Crippen LogP contribution in [-0.4, -0.2) is 10.9 Å². The molecule has 3 aromatic carbocycles. The third-order valence-corrected chi connectivity index (χ3v) is 5.73. The molecule has 4 rings (SSSR count). The number of hydrogen-bond donors (Lipinski definition) is 2. The zero-order chi connectivity index (χ0) is 21.1. The highest BCUT2D eigenvalue weighted by molar-refractivity contribution is 7.14. The molecule has 4 nitrogen and oxygen atoms in total. The van der Waals surface area contributed by atoms with Crippen LogP contribution in [0.3, 0.4) is 0 Å². The van der Waals surface area contributed by atoms with Crippen LogP contribution in [0.4, 0.5) is 16.5 Å². The summed E-state index contributed by atoms with van der Waals surface area (Å²) in [5, 5.41) is 9.94. The lowest BCUT2D eigenvalue weighted by Gasteiger charge is -2.07. The van der Waals surface area contributed by atoms with Crippen LogP contribution < -0.4 is 10.6 Å². The molecule has 30 heavy (non-hydrogen) atoms. The van der Waals surface area contributed by atoms with Crippen molar-refractivity contribution in [3.05, 3.63) is 93.3 Å². The van der Waals surface area contributed by atoms with Crippen LogP contribution in [0.1, 0.15) is 15.9 Å². The number of hydrogen-bond acceptors (Lipinski definition) is 4. The fourth-order valence-electron chi connectivity index (χ4n) is 2.84. The average molecular weight is 454 g/mol. The van der Waals surface area contributed by atoms with Gasteiger partial charge in [-0.25, -0.2) is 4.98 Å². The molecule has 0 aliphatic heterocycles. The van der Waals surface area contributed by atoms with E-state index in [1.165, 1.54) is 11.3 Å². The minimum atomic E-state index is -0.150. The van der Waals surface area contributed by atoms with E-state index in [4.69, 9.17) is 23.2 Å². The molecule has 150 valence electrons. The summed E-state index contributed by atoms with van der Waals surface area (Å²) in [4.78, 5) is 17.1. The Kier molecular flexibility index (Phi) is 6.04. The van der Waals surface area contributed by atoms with Crippen molar-refractivity contribution in [2.75, 3.05) is 10.6 Å². The van der Waals surface area contributed by atoms with Crippen LogP contribution in [0.15, 0.2) is 72.1 Å². The summed E-state index contributed by atoms with van der Waals surface area (Å²) in [7, 11) is 0. The fraction of sp³-hybridized carbons (Fsp3) is 0.0435. The molecular formula is C23H17Cl2N3OS. The van der Waals surface area contributed by atoms with Crippen molar-refractivity contribution in [1.29, 1.82) is 0 Å². The van der Waals surface area contributed by atoms with Gasteiger partial charge in [0.15, 0.2) is 5.13 Å². The van der Waals surface area contributed by atoms with Crippen LogP contribution in [0.25, 0.3) is 11.3 Å². The molecule has 0 aliphatic rings. The van der Waals surface area contributed by atoms with Crippen LogP contribution >= 0.6 is 34.5 Å². The number of aryl methyl sites for hydroxylation is 1. The van der Waals surface area contributed by atoms with Crippen LogP contribution in [0, 0.1) is 6.92 Å². The Morgan fingerprint density at radius 2 is 1.80 bits per heavy atom. The fourth-order valence-corrected chi connectivity index (χ4v) is 3.91. The summed E-state index contributed by atoms with van der Waals surface area (Å²) in [6.07, 6.45) is 0. The predicted octanol–water partition coefficient (Wildman–Crippen LogP) is 7.42. The molecule has 7 heteroatoms. The molecule has 0 saturated heterocycles. The Labute approximate surface area is 188 Å². The van der Waals surface area contributed by atoms with E-state index in [2.05, 4.69) is 15.6 Å². The molecule has 2 N–H and O–H groups in total. The highest BCUT2D eigenvalue weighted by Crippen LogP contribution is 2.32. The second kappa shape index (κ2) is 8.88. The summed E-state index contributed by atoms with van der Waals surface area (Å²) in [6, 6.07) is 20.3. The van der Waals surface area contributed by atoms with Crippen molar-refractivity contribution in [3.63, 3.8) is 0 Å². The third-order valence-electron chi connectivity index (χ3n) is 4.40. The van der Waals surface area contributed by atoms with E-state index in [1.807, 2.05) is 60.8 Å². The topological polar surface area (TPSA) is 54.0 Å². The Morgan fingerprint density at radius 1 is 1.00 bits per heavy atom. The van der Waals surface area contributed by atoms with Gasteiger partial charge < -0.3 is 10.6 Å². The molecule has 0 unspecified atom stereocenters. The van der Waals surface area contributed by atoms with E-state index in [-0.39, 0.29) is 5.91 Å².